The van der Waals surface area contributed by atoms with Gasteiger partial charge >= 0.3 is 0 Å². The van der Waals surface area contributed by atoms with Gasteiger partial charge in [0.15, 0.2) is 0 Å². The number of carbonyl (C=O) groups is 5. The highest BCUT2D eigenvalue weighted by Crippen LogP contribution is 2.38. The summed E-state index contributed by atoms with van der Waals surface area (Å²) in [6, 6.07) is 14.7. The number of halogens is 1. The van der Waals surface area contributed by atoms with E-state index in [1.807, 2.05) is 36.5 Å². The number of nitrogens with one attached hydrogen (secondary N) is 2. The van der Waals surface area contributed by atoms with Gasteiger partial charge in [0, 0.05) is 57.1 Å². The number of benzene rings is 2. The van der Waals surface area contributed by atoms with Crippen LogP contribution in [0.5, 0.6) is 0 Å². The fourth-order valence-corrected chi connectivity index (χ4v) is 9.50. The van der Waals surface area contributed by atoms with Gasteiger partial charge < -0.3 is 10.2 Å². The minimum absolute atomic E-state index is 0.0986. The molecule has 5 amide bonds. The molecule has 3 fully saturated rings. The lowest BCUT2D eigenvalue weighted by molar-refractivity contribution is -0.136. The average molecular weight is 762 g/mol. The normalized spacial score (nSPS) is 25.3. The molecule has 284 valence electrons. The van der Waals surface area contributed by atoms with Gasteiger partial charge in [-0.05, 0) is 123 Å². The summed E-state index contributed by atoms with van der Waals surface area (Å²) in [6.07, 6.45) is 10.0. The van der Waals surface area contributed by atoms with Crippen LogP contribution in [0.25, 0.3) is 0 Å². The van der Waals surface area contributed by atoms with Crippen molar-refractivity contribution in [2.75, 3.05) is 18.5 Å². The number of rotatable bonds is 8. The van der Waals surface area contributed by atoms with Crippen LogP contribution in [0.2, 0.25) is 5.02 Å². The molecule has 13 heteroatoms. The lowest BCUT2D eigenvalue weighted by Crippen LogP contribution is -2.54. The number of hydrogen-bond acceptors (Lipinski definition) is 9. The van der Waals surface area contributed by atoms with E-state index in [4.69, 9.17) is 11.6 Å². The molecule has 3 aromatic rings. The molecule has 12 nitrogen and oxygen atoms in total. The van der Waals surface area contributed by atoms with Crippen molar-refractivity contribution in [1.82, 2.24) is 25.4 Å². The molecule has 0 spiro atoms. The van der Waals surface area contributed by atoms with E-state index < -0.39 is 23.8 Å². The van der Waals surface area contributed by atoms with E-state index in [1.54, 1.807) is 6.07 Å². The van der Waals surface area contributed by atoms with Gasteiger partial charge in [0.05, 0.1) is 21.7 Å². The van der Waals surface area contributed by atoms with Crippen molar-refractivity contribution in [2.45, 2.75) is 101 Å². The molecule has 8 rings (SSSR count). The molecule has 1 aromatic heterocycles. The maximum Gasteiger partial charge on any atom is 0.270 e. The largest absolute Gasteiger partial charge is 0.372 e. The van der Waals surface area contributed by atoms with Gasteiger partial charge in [-0.2, -0.15) is 5.26 Å². The van der Waals surface area contributed by atoms with Crippen LogP contribution in [0.4, 0.5) is 5.69 Å². The van der Waals surface area contributed by atoms with Crippen LogP contribution in [-0.4, -0.2) is 76.0 Å². The molecule has 0 bridgehead atoms. The minimum Gasteiger partial charge on any atom is -0.372 e. The number of fused-ring (bicyclic) bond motifs is 2. The van der Waals surface area contributed by atoms with Gasteiger partial charge in [0.25, 0.3) is 17.7 Å². The van der Waals surface area contributed by atoms with E-state index in [-0.39, 0.29) is 30.7 Å². The molecular weight excluding hydrogens is 718 g/mol. The van der Waals surface area contributed by atoms with E-state index in [0.29, 0.717) is 58.4 Å². The molecule has 1 saturated heterocycles. The van der Waals surface area contributed by atoms with Gasteiger partial charge in [-0.25, -0.2) is 0 Å². The van der Waals surface area contributed by atoms with Crippen LogP contribution in [0.15, 0.2) is 48.7 Å². The Morgan fingerprint density at radius 1 is 0.927 bits per heavy atom. The minimum atomic E-state index is -0.960. The molecule has 2 aliphatic carbocycles. The van der Waals surface area contributed by atoms with Crippen LogP contribution >= 0.6 is 11.6 Å². The monoisotopic (exact) mass is 761 g/mol. The zero-order chi connectivity index (χ0) is 38.4. The number of nitrogens with zero attached hydrogens (tertiary/aromatic N) is 5. The first-order valence-electron chi connectivity index (χ1n) is 19.3. The number of nitriles is 1. The molecule has 0 unspecified atom stereocenters. The standard InChI is InChI=1S/C42H44ClN7O5/c1-48(32-10-6-26(19-44)35(43)18-32)31-11-8-30(9-12-31)46-39(52)36-13-7-27(20-45-36)25-4-2-24(3-5-25)21-49-22-28-16-33-34(17-29(28)23-49)42(55)50(41(33)54)37-14-15-38(51)47-40(37)53/h6-7,10,13,16-18,20,24-25,30-31,37H,2-5,8-9,11-12,14-15,21-23H2,1H3,(H,46,52)(H,47,51,53)/t24?,25?,30?,31?,37-/m0/s1. The zero-order valence-corrected chi connectivity index (χ0v) is 31.6. The molecule has 55 heavy (non-hydrogen) atoms. The van der Waals surface area contributed by atoms with Crippen LogP contribution in [0.3, 0.4) is 0 Å². The molecule has 2 aromatic carbocycles. The Bertz CT molecular complexity index is 2050. The van der Waals surface area contributed by atoms with Crippen molar-refractivity contribution in [3.8, 4) is 6.07 Å². The second-order valence-corrected chi connectivity index (χ2v) is 16.3. The fraction of sp³-hybridized carbons (Fsp3) is 0.452. The number of pyridine rings is 1. The number of imide groups is 2. The Balaban J connectivity index is 0.784. The Hall–Kier alpha value is -5.12. The van der Waals surface area contributed by atoms with Gasteiger partial charge in [-0.3, -0.25) is 44.1 Å². The molecule has 0 radical (unpaired) electrons. The first-order valence-corrected chi connectivity index (χ1v) is 19.7. The maximum atomic E-state index is 13.3. The van der Waals surface area contributed by atoms with E-state index in [2.05, 4.69) is 44.6 Å². The summed E-state index contributed by atoms with van der Waals surface area (Å²) in [4.78, 5) is 74.0. The molecule has 4 heterocycles. The first-order chi connectivity index (χ1) is 26.6. The fourth-order valence-electron chi connectivity index (χ4n) is 9.28. The van der Waals surface area contributed by atoms with Crippen LogP contribution in [-0.2, 0) is 22.7 Å². The summed E-state index contributed by atoms with van der Waals surface area (Å²) in [5, 5.41) is 15.1. The zero-order valence-electron chi connectivity index (χ0n) is 30.9. The SMILES string of the molecule is CN(c1ccc(C#N)c(Cl)c1)C1CCC(NC(=O)c2ccc(C3CCC(CN4Cc5cc6c(cc5C4)C(=O)N([C@H]4CCC(=O)NC4=O)C6=O)CC3)cn2)CC1. The third kappa shape index (κ3) is 7.35. The Morgan fingerprint density at radius 2 is 1.62 bits per heavy atom. The highest BCUT2D eigenvalue weighted by atomic mass is 35.5. The summed E-state index contributed by atoms with van der Waals surface area (Å²) in [5.41, 5.74) is 5.83. The second-order valence-electron chi connectivity index (χ2n) is 15.8. The maximum absolute atomic E-state index is 13.3. The molecule has 3 aliphatic heterocycles. The highest BCUT2D eigenvalue weighted by molar-refractivity contribution is 6.32. The topological polar surface area (TPSA) is 156 Å². The summed E-state index contributed by atoms with van der Waals surface area (Å²) >= 11 is 6.26. The summed E-state index contributed by atoms with van der Waals surface area (Å²) in [7, 11) is 2.05. The lowest BCUT2D eigenvalue weighted by atomic mass is 9.79. The Kier molecular flexibility index (Phi) is 10.2. The number of piperidine rings is 1. The number of amides is 5. The van der Waals surface area contributed by atoms with Crippen molar-refractivity contribution in [3.05, 3.63) is 92.8 Å². The van der Waals surface area contributed by atoms with Gasteiger partial charge in [0.1, 0.15) is 17.8 Å². The third-order valence-electron chi connectivity index (χ3n) is 12.5. The van der Waals surface area contributed by atoms with Crippen molar-refractivity contribution in [1.29, 1.82) is 5.26 Å². The summed E-state index contributed by atoms with van der Waals surface area (Å²) in [5.74, 6) is -1.11. The van der Waals surface area contributed by atoms with E-state index >= 15 is 0 Å². The third-order valence-corrected chi connectivity index (χ3v) is 12.8. The molecule has 2 saturated carbocycles. The number of anilines is 1. The molecule has 2 N–H and O–H groups in total. The van der Waals surface area contributed by atoms with Crippen LogP contribution in [0, 0.1) is 17.2 Å². The van der Waals surface area contributed by atoms with Crippen molar-refractivity contribution in [2.24, 2.45) is 5.92 Å². The number of carbonyl (C=O) groups excluding carboxylic acids is 5. The lowest BCUT2D eigenvalue weighted by Gasteiger charge is -2.36. The predicted octanol–water partition coefficient (Wildman–Crippen LogP) is 5.47. The van der Waals surface area contributed by atoms with E-state index in [9.17, 15) is 29.2 Å². The summed E-state index contributed by atoms with van der Waals surface area (Å²) < 4.78 is 0. The quantitative estimate of drug-likeness (QED) is 0.284. The smallest absolute Gasteiger partial charge is 0.270 e. The Morgan fingerprint density at radius 3 is 2.22 bits per heavy atom. The van der Waals surface area contributed by atoms with Gasteiger partial charge in [-0.15, -0.1) is 0 Å². The number of hydrogen-bond donors (Lipinski definition) is 2. The van der Waals surface area contributed by atoms with Gasteiger partial charge in [0.2, 0.25) is 11.8 Å². The number of aromatic nitrogens is 1. The Labute approximate surface area is 325 Å². The van der Waals surface area contributed by atoms with Gasteiger partial charge in [-0.1, -0.05) is 17.7 Å². The van der Waals surface area contributed by atoms with Crippen molar-refractivity contribution < 1.29 is 24.0 Å². The van der Waals surface area contributed by atoms with Crippen LogP contribution in [0.1, 0.15) is 124 Å². The summed E-state index contributed by atoms with van der Waals surface area (Å²) in [6.45, 7) is 2.36. The molecule has 5 aliphatic rings. The second kappa shape index (κ2) is 15.2. The molecule has 1 atom stereocenters. The molecular formula is C42H44ClN7O5. The average Bonchev–Trinajstić information content (AvgIpc) is 3.69. The van der Waals surface area contributed by atoms with Crippen molar-refractivity contribution in [3.63, 3.8) is 0 Å². The van der Waals surface area contributed by atoms with E-state index in [0.717, 1.165) is 79.6 Å². The first kappa shape index (κ1) is 36.8. The van der Waals surface area contributed by atoms with E-state index in [1.165, 1.54) is 5.56 Å². The predicted molar refractivity (Wildman–Crippen MR) is 204 cm³/mol. The highest BCUT2D eigenvalue weighted by Gasteiger charge is 2.45. The van der Waals surface area contributed by atoms with Crippen molar-refractivity contribution >= 4 is 46.8 Å². The van der Waals surface area contributed by atoms with Crippen LogP contribution < -0.4 is 15.5 Å².